The van der Waals surface area contributed by atoms with Crippen LogP contribution in [-0.2, 0) is 9.59 Å². The van der Waals surface area contributed by atoms with Gasteiger partial charge in [0, 0.05) is 12.2 Å². The van der Waals surface area contributed by atoms with E-state index in [4.69, 9.17) is 0 Å². The Morgan fingerprint density at radius 3 is 2.67 bits per heavy atom. The molecule has 4 nitrogen and oxygen atoms in total. The maximum absolute atomic E-state index is 13.8. The van der Waals surface area contributed by atoms with Gasteiger partial charge in [-0.05, 0) is 50.8 Å². The number of amides is 2. The minimum atomic E-state index is -0.575. The van der Waals surface area contributed by atoms with Gasteiger partial charge in [-0.25, -0.2) is 4.39 Å². The standard InChI is InChI=1S/C16H19FN2O2/c1-10-6-7-12(9-13(10)17)19-11(2)15(20)18-8-4-3-5-14(18)16(19)21/h6-7,9,11,14H,3-5,8H2,1-2H3. The van der Waals surface area contributed by atoms with Crippen LogP contribution in [0.4, 0.5) is 10.1 Å². The summed E-state index contributed by atoms with van der Waals surface area (Å²) in [6.45, 7) is 4.03. The molecule has 2 unspecified atom stereocenters. The predicted molar refractivity (Wildman–Crippen MR) is 77.4 cm³/mol. The predicted octanol–water partition coefficient (Wildman–Crippen LogP) is 2.25. The number of piperazine rings is 1. The summed E-state index contributed by atoms with van der Waals surface area (Å²) in [5.41, 5.74) is 0.996. The second kappa shape index (κ2) is 5.13. The van der Waals surface area contributed by atoms with Crippen molar-refractivity contribution in [2.75, 3.05) is 11.4 Å². The lowest BCUT2D eigenvalue weighted by atomic mass is 9.95. The van der Waals surface area contributed by atoms with Crippen molar-refractivity contribution >= 4 is 17.5 Å². The smallest absolute Gasteiger partial charge is 0.250 e. The highest BCUT2D eigenvalue weighted by Crippen LogP contribution is 2.30. The van der Waals surface area contributed by atoms with E-state index in [1.165, 1.54) is 11.0 Å². The van der Waals surface area contributed by atoms with Gasteiger partial charge in [0.05, 0.1) is 0 Å². The van der Waals surface area contributed by atoms with Gasteiger partial charge in [0.15, 0.2) is 0 Å². The van der Waals surface area contributed by atoms with E-state index in [0.29, 0.717) is 24.2 Å². The normalized spacial score (nSPS) is 26.0. The number of carbonyl (C=O) groups excluding carboxylic acids is 2. The Kier molecular flexibility index (Phi) is 3.43. The molecule has 21 heavy (non-hydrogen) atoms. The molecule has 5 heteroatoms. The second-order valence-corrected chi connectivity index (χ2v) is 5.86. The van der Waals surface area contributed by atoms with Crippen molar-refractivity contribution in [3.8, 4) is 0 Å². The topological polar surface area (TPSA) is 40.6 Å². The second-order valence-electron chi connectivity index (χ2n) is 5.86. The third-order valence-electron chi connectivity index (χ3n) is 4.49. The molecule has 2 fully saturated rings. The quantitative estimate of drug-likeness (QED) is 0.796. The number of rotatable bonds is 1. The third kappa shape index (κ3) is 2.20. The van der Waals surface area contributed by atoms with Crippen LogP contribution in [-0.4, -0.2) is 35.3 Å². The summed E-state index contributed by atoms with van der Waals surface area (Å²) in [7, 11) is 0. The van der Waals surface area contributed by atoms with E-state index in [9.17, 15) is 14.0 Å². The Hall–Kier alpha value is -1.91. The van der Waals surface area contributed by atoms with Gasteiger partial charge in [0.2, 0.25) is 5.91 Å². The van der Waals surface area contributed by atoms with Gasteiger partial charge in [0.1, 0.15) is 17.9 Å². The summed E-state index contributed by atoms with van der Waals surface area (Å²) in [5, 5.41) is 0. The summed E-state index contributed by atoms with van der Waals surface area (Å²) in [6, 6.07) is 3.73. The molecule has 0 aliphatic carbocycles. The van der Waals surface area contributed by atoms with Crippen molar-refractivity contribution in [3.63, 3.8) is 0 Å². The number of nitrogens with zero attached hydrogens (tertiary/aromatic N) is 2. The van der Waals surface area contributed by atoms with E-state index in [0.717, 1.165) is 12.8 Å². The number of aryl methyl sites for hydroxylation is 1. The van der Waals surface area contributed by atoms with Crippen molar-refractivity contribution in [2.24, 2.45) is 0 Å². The van der Waals surface area contributed by atoms with E-state index in [-0.39, 0.29) is 23.7 Å². The molecule has 0 saturated carbocycles. The third-order valence-corrected chi connectivity index (χ3v) is 4.49. The molecule has 0 bridgehead atoms. The summed E-state index contributed by atoms with van der Waals surface area (Å²) in [6.07, 6.45) is 2.59. The fraction of sp³-hybridized carbons (Fsp3) is 0.500. The Labute approximate surface area is 123 Å². The van der Waals surface area contributed by atoms with Crippen molar-refractivity contribution < 1.29 is 14.0 Å². The molecule has 112 valence electrons. The van der Waals surface area contributed by atoms with Gasteiger partial charge in [0.25, 0.3) is 5.91 Å². The molecule has 3 rings (SSSR count). The minimum Gasteiger partial charge on any atom is -0.329 e. The number of fused-ring (bicyclic) bond motifs is 1. The fourth-order valence-corrected chi connectivity index (χ4v) is 3.24. The number of hydrogen-bond donors (Lipinski definition) is 0. The maximum Gasteiger partial charge on any atom is 0.250 e. The first-order valence-electron chi connectivity index (χ1n) is 7.40. The van der Waals surface area contributed by atoms with Crippen molar-refractivity contribution in [2.45, 2.75) is 45.2 Å². The van der Waals surface area contributed by atoms with Gasteiger partial charge in [-0.2, -0.15) is 0 Å². The first-order chi connectivity index (χ1) is 10.0. The first kappa shape index (κ1) is 14.0. The van der Waals surface area contributed by atoms with Crippen molar-refractivity contribution in [1.29, 1.82) is 0 Å². The fourth-order valence-electron chi connectivity index (χ4n) is 3.24. The molecule has 2 saturated heterocycles. The molecule has 2 aliphatic heterocycles. The highest BCUT2D eigenvalue weighted by molar-refractivity contribution is 6.08. The lowest BCUT2D eigenvalue weighted by molar-refractivity contribution is -0.147. The van der Waals surface area contributed by atoms with Crippen LogP contribution in [0.1, 0.15) is 31.7 Å². The zero-order valence-electron chi connectivity index (χ0n) is 12.3. The van der Waals surface area contributed by atoms with Gasteiger partial charge >= 0.3 is 0 Å². The average molecular weight is 290 g/mol. The molecule has 2 amide bonds. The van der Waals surface area contributed by atoms with Gasteiger partial charge in [-0.1, -0.05) is 6.07 Å². The molecule has 2 aliphatic rings. The van der Waals surface area contributed by atoms with E-state index < -0.39 is 6.04 Å². The van der Waals surface area contributed by atoms with Crippen LogP contribution in [0.2, 0.25) is 0 Å². The summed E-state index contributed by atoms with van der Waals surface area (Å²) >= 11 is 0. The van der Waals surface area contributed by atoms with E-state index in [2.05, 4.69) is 0 Å². The van der Waals surface area contributed by atoms with Crippen LogP contribution in [0, 0.1) is 12.7 Å². The first-order valence-corrected chi connectivity index (χ1v) is 7.40. The molecular formula is C16H19FN2O2. The Morgan fingerprint density at radius 2 is 1.95 bits per heavy atom. The van der Waals surface area contributed by atoms with E-state index in [1.54, 1.807) is 30.9 Å². The van der Waals surface area contributed by atoms with Gasteiger partial charge < -0.3 is 4.90 Å². The summed E-state index contributed by atoms with van der Waals surface area (Å²) in [5.74, 6) is -0.489. The minimum absolute atomic E-state index is 0.0414. The van der Waals surface area contributed by atoms with E-state index >= 15 is 0 Å². The summed E-state index contributed by atoms with van der Waals surface area (Å²) < 4.78 is 13.8. The molecule has 1 aromatic rings. The lowest BCUT2D eigenvalue weighted by Gasteiger charge is -2.46. The number of anilines is 1. The highest BCUT2D eigenvalue weighted by Gasteiger charge is 2.45. The van der Waals surface area contributed by atoms with Crippen LogP contribution in [0.3, 0.4) is 0 Å². The van der Waals surface area contributed by atoms with Gasteiger partial charge in [-0.15, -0.1) is 0 Å². The largest absolute Gasteiger partial charge is 0.329 e. The Morgan fingerprint density at radius 1 is 1.19 bits per heavy atom. The number of halogens is 1. The number of piperidine rings is 1. The van der Waals surface area contributed by atoms with Gasteiger partial charge in [-0.3, -0.25) is 14.5 Å². The van der Waals surface area contributed by atoms with Crippen LogP contribution in [0.5, 0.6) is 0 Å². The maximum atomic E-state index is 13.8. The number of carbonyl (C=O) groups is 2. The monoisotopic (exact) mass is 290 g/mol. The molecule has 2 heterocycles. The molecular weight excluding hydrogens is 271 g/mol. The van der Waals surface area contributed by atoms with Crippen LogP contribution in [0.15, 0.2) is 18.2 Å². The summed E-state index contributed by atoms with van der Waals surface area (Å²) in [4.78, 5) is 28.3. The van der Waals surface area contributed by atoms with Crippen LogP contribution < -0.4 is 4.90 Å². The average Bonchev–Trinajstić information content (AvgIpc) is 2.49. The molecule has 0 aromatic heterocycles. The molecule has 0 spiro atoms. The Balaban J connectivity index is 1.99. The SMILES string of the molecule is Cc1ccc(N2C(=O)C3CCCCN3C(=O)C2C)cc1F. The van der Waals surface area contributed by atoms with E-state index in [1.807, 2.05) is 0 Å². The number of hydrogen-bond acceptors (Lipinski definition) is 2. The molecule has 0 N–H and O–H groups in total. The Bertz CT molecular complexity index is 602. The van der Waals surface area contributed by atoms with Crippen LogP contribution in [0.25, 0.3) is 0 Å². The van der Waals surface area contributed by atoms with Crippen molar-refractivity contribution in [1.82, 2.24) is 4.90 Å². The van der Waals surface area contributed by atoms with Crippen LogP contribution >= 0.6 is 0 Å². The molecule has 2 atom stereocenters. The van der Waals surface area contributed by atoms with Crippen molar-refractivity contribution in [3.05, 3.63) is 29.6 Å². The highest BCUT2D eigenvalue weighted by atomic mass is 19.1. The number of benzene rings is 1. The zero-order chi connectivity index (χ0) is 15.1. The lowest BCUT2D eigenvalue weighted by Crippen LogP contribution is -2.65. The zero-order valence-corrected chi connectivity index (χ0v) is 12.3. The molecule has 0 radical (unpaired) electrons. The molecule has 1 aromatic carbocycles.